The van der Waals surface area contributed by atoms with Crippen molar-refractivity contribution in [3.05, 3.63) is 65.1 Å². The average Bonchev–Trinajstić information content (AvgIpc) is 2.90. The summed E-state index contributed by atoms with van der Waals surface area (Å²) in [4.78, 5) is 4.33. The Morgan fingerprint density at radius 2 is 2.00 bits per heavy atom. The number of nitrogens with zero attached hydrogens (tertiary/aromatic N) is 2. The Balaban J connectivity index is 1.96. The Morgan fingerprint density at radius 1 is 1.29 bits per heavy atom. The van der Waals surface area contributed by atoms with E-state index in [1.54, 1.807) is 29.7 Å². The number of aliphatic hydroxyl groups is 1. The first-order valence-corrected chi connectivity index (χ1v) is 7.20. The third-order valence-electron chi connectivity index (χ3n) is 3.69. The molecule has 0 saturated carbocycles. The monoisotopic (exact) mass is 334 g/mol. The highest BCUT2D eigenvalue weighted by atomic mass is 19.1. The number of hydrogen-bond acceptors (Lipinski definition) is 5. The molecule has 126 valence electrons. The van der Waals surface area contributed by atoms with Crippen LogP contribution in [-0.2, 0) is 6.61 Å². The summed E-state index contributed by atoms with van der Waals surface area (Å²) in [7, 11) is 0. The smallest absolute Gasteiger partial charge is 0.180 e. The Hall–Kier alpha value is -2.55. The van der Waals surface area contributed by atoms with Crippen LogP contribution in [0.15, 0.2) is 36.5 Å². The molecule has 3 aromatic rings. The molecule has 0 aliphatic carbocycles. The van der Waals surface area contributed by atoms with Crippen molar-refractivity contribution in [1.29, 1.82) is 0 Å². The number of fused-ring (bicyclic) bond motifs is 1. The standard InChI is InChI=1S/C16H16F2N4O2/c1-9-14(16(23)21-19)22-7-3-6-13(15(22)20-9)24-8-10-11(17)4-2-5-12(10)18/h2-7,16,21,23H,8,19H2,1H3. The highest BCUT2D eigenvalue weighted by molar-refractivity contribution is 5.56. The van der Waals surface area contributed by atoms with Crippen LogP contribution in [0.3, 0.4) is 0 Å². The van der Waals surface area contributed by atoms with Crippen LogP contribution >= 0.6 is 0 Å². The van der Waals surface area contributed by atoms with Crippen molar-refractivity contribution in [2.75, 3.05) is 0 Å². The number of pyridine rings is 1. The van der Waals surface area contributed by atoms with E-state index in [-0.39, 0.29) is 12.2 Å². The molecule has 8 heteroatoms. The predicted molar refractivity (Wildman–Crippen MR) is 82.9 cm³/mol. The zero-order valence-electron chi connectivity index (χ0n) is 12.8. The van der Waals surface area contributed by atoms with Crippen LogP contribution in [0.25, 0.3) is 5.65 Å². The lowest BCUT2D eigenvalue weighted by atomic mass is 10.2. The van der Waals surface area contributed by atoms with Gasteiger partial charge in [0.15, 0.2) is 17.6 Å². The van der Waals surface area contributed by atoms with Gasteiger partial charge in [0, 0.05) is 6.20 Å². The van der Waals surface area contributed by atoms with Crippen LogP contribution < -0.4 is 16.0 Å². The van der Waals surface area contributed by atoms with Gasteiger partial charge in [-0.15, -0.1) is 0 Å². The molecule has 0 saturated heterocycles. The highest BCUT2D eigenvalue weighted by Gasteiger charge is 2.18. The summed E-state index contributed by atoms with van der Waals surface area (Å²) in [5.41, 5.74) is 3.50. The number of aryl methyl sites for hydroxylation is 1. The highest BCUT2D eigenvalue weighted by Crippen LogP contribution is 2.26. The van der Waals surface area contributed by atoms with Crippen LogP contribution in [0.5, 0.6) is 5.75 Å². The molecule has 4 N–H and O–H groups in total. The molecule has 2 aromatic heterocycles. The number of rotatable bonds is 5. The van der Waals surface area contributed by atoms with E-state index in [1.807, 2.05) is 0 Å². The summed E-state index contributed by atoms with van der Waals surface area (Å²) in [5.74, 6) is 4.25. The molecule has 0 aliphatic heterocycles. The molecule has 6 nitrogen and oxygen atoms in total. The molecule has 3 rings (SSSR count). The molecular formula is C16H16F2N4O2. The molecule has 1 unspecified atom stereocenters. The lowest BCUT2D eigenvalue weighted by Crippen LogP contribution is -2.29. The zero-order valence-corrected chi connectivity index (χ0v) is 12.8. The van der Waals surface area contributed by atoms with Gasteiger partial charge in [-0.3, -0.25) is 10.2 Å². The minimum Gasteiger partial charge on any atom is -0.485 e. The second kappa shape index (κ2) is 6.52. The number of halogens is 2. The first-order valence-electron chi connectivity index (χ1n) is 7.20. The fraction of sp³-hybridized carbons (Fsp3) is 0.188. The number of imidazole rings is 1. The molecule has 24 heavy (non-hydrogen) atoms. The van der Waals surface area contributed by atoms with Gasteiger partial charge in [0.25, 0.3) is 0 Å². The van der Waals surface area contributed by atoms with E-state index < -0.39 is 17.9 Å². The normalized spacial score (nSPS) is 12.5. The molecular weight excluding hydrogens is 318 g/mol. The summed E-state index contributed by atoms with van der Waals surface area (Å²) in [6.07, 6.45) is 0.571. The predicted octanol–water partition coefficient (Wildman–Crippen LogP) is 1.95. The molecule has 0 spiro atoms. The van der Waals surface area contributed by atoms with Crippen LogP contribution in [0.4, 0.5) is 8.78 Å². The second-order valence-corrected chi connectivity index (χ2v) is 5.21. The number of ether oxygens (including phenoxy) is 1. The van der Waals surface area contributed by atoms with E-state index in [9.17, 15) is 13.9 Å². The van der Waals surface area contributed by atoms with Gasteiger partial charge in [0.2, 0.25) is 0 Å². The van der Waals surface area contributed by atoms with Gasteiger partial charge >= 0.3 is 0 Å². The molecule has 1 atom stereocenters. The van der Waals surface area contributed by atoms with Gasteiger partial charge in [0.1, 0.15) is 18.2 Å². The van der Waals surface area contributed by atoms with Crippen molar-refractivity contribution in [2.24, 2.45) is 5.84 Å². The Labute approximate surface area is 136 Å². The fourth-order valence-electron chi connectivity index (χ4n) is 2.52. The summed E-state index contributed by atoms with van der Waals surface area (Å²) >= 11 is 0. The molecule has 1 aromatic carbocycles. The fourth-order valence-corrected chi connectivity index (χ4v) is 2.52. The van der Waals surface area contributed by atoms with Gasteiger partial charge in [-0.25, -0.2) is 19.2 Å². The topological polar surface area (TPSA) is 84.8 Å². The maximum absolute atomic E-state index is 13.7. The third-order valence-corrected chi connectivity index (χ3v) is 3.69. The SMILES string of the molecule is Cc1nc2c(OCc3c(F)cccc3F)cccn2c1C(O)NN. The first kappa shape index (κ1) is 16.3. The van der Waals surface area contributed by atoms with Gasteiger partial charge in [-0.1, -0.05) is 6.07 Å². The van der Waals surface area contributed by atoms with E-state index in [4.69, 9.17) is 10.6 Å². The van der Waals surface area contributed by atoms with Crippen LogP contribution in [-0.4, -0.2) is 14.5 Å². The summed E-state index contributed by atoms with van der Waals surface area (Å²) < 4.78 is 34.5. The number of nitrogens with one attached hydrogen (secondary N) is 1. The van der Waals surface area contributed by atoms with Crippen molar-refractivity contribution in [3.63, 3.8) is 0 Å². The lowest BCUT2D eigenvalue weighted by Gasteiger charge is -2.11. The van der Waals surface area contributed by atoms with Crippen molar-refractivity contribution >= 4 is 5.65 Å². The Bertz CT molecular complexity index is 862. The van der Waals surface area contributed by atoms with Crippen molar-refractivity contribution in [3.8, 4) is 5.75 Å². The third kappa shape index (κ3) is 2.82. The van der Waals surface area contributed by atoms with Gasteiger partial charge < -0.3 is 9.84 Å². The summed E-state index contributed by atoms with van der Waals surface area (Å²) in [6.45, 7) is 1.43. The number of aromatic nitrogens is 2. The molecule has 0 bridgehead atoms. The summed E-state index contributed by atoms with van der Waals surface area (Å²) in [6, 6.07) is 6.94. The quantitative estimate of drug-likeness (QED) is 0.377. The average molecular weight is 334 g/mol. The zero-order chi connectivity index (χ0) is 17.3. The maximum atomic E-state index is 13.7. The Morgan fingerprint density at radius 3 is 2.67 bits per heavy atom. The van der Waals surface area contributed by atoms with E-state index in [0.717, 1.165) is 0 Å². The van der Waals surface area contributed by atoms with Crippen LogP contribution in [0, 0.1) is 18.6 Å². The first-order chi connectivity index (χ1) is 11.5. The van der Waals surface area contributed by atoms with Crippen LogP contribution in [0.2, 0.25) is 0 Å². The van der Waals surface area contributed by atoms with Crippen molar-refractivity contribution in [2.45, 2.75) is 19.8 Å². The van der Waals surface area contributed by atoms with E-state index >= 15 is 0 Å². The second-order valence-electron chi connectivity index (χ2n) is 5.21. The number of aliphatic hydroxyl groups excluding tert-OH is 1. The largest absolute Gasteiger partial charge is 0.485 e. The summed E-state index contributed by atoms with van der Waals surface area (Å²) in [5, 5.41) is 9.93. The van der Waals surface area contributed by atoms with Crippen molar-refractivity contribution < 1.29 is 18.6 Å². The molecule has 0 fully saturated rings. The maximum Gasteiger partial charge on any atom is 0.180 e. The lowest BCUT2D eigenvalue weighted by molar-refractivity contribution is 0.134. The molecule has 0 radical (unpaired) electrons. The van der Waals surface area contributed by atoms with E-state index in [0.29, 0.717) is 22.8 Å². The Kier molecular flexibility index (Phi) is 4.43. The number of benzene rings is 1. The van der Waals surface area contributed by atoms with Crippen molar-refractivity contribution in [1.82, 2.24) is 14.8 Å². The van der Waals surface area contributed by atoms with Gasteiger partial charge in [0.05, 0.1) is 17.0 Å². The molecule has 0 aliphatic rings. The van der Waals surface area contributed by atoms with Gasteiger partial charge in [-0.05, 0) is 31.2 Å². The number of hydrazine groups is 1. The van der Waals surface area contributed by atoms with E-state index in [2.05, 4.69) is 10.4 Å². The number of nitrogens with two attached hydrogens (primary N) is 1. The van der Waals surface area contributed by atoms with Crippen LogP contribution in [0.1, 0.15) is 23.2 Å². The van der Waals surface area contributed by atoms with E-state index in [1.165, 1.54) is 18.2 Å². The van der Waals surface area contributed by atoms with Gasteiger partial charge in [-0.2, -0.15) is 0 Å². The molecule has 2 heterocycles. The minimum absolute atomic E-state index is 0.160. The minimum atomic E-state index is -1.11. The number of hydrogen-bond donors (Lipinski definition) is 3. The molecule has 0 amide bonds.